The van der Waals surface area contributed by atoms with Gasteiger partial charge in [-0.1, -0.05) is 30.7 Å². The zero-order valence-corrected chi connectivity index (χ0v) is 21.5. The summed E-state index contributed by atoms with van der Waals surface area (Å²) >= 11 is 0. The average molecular weight is 486 g/mol. The molecule has 7 atom stereocenters. The van der Waals surface area contributed by atoms with Gasteiger partial charge in [-0.05, 0) is 87.5 Å². The van der Waals surface area contributed by atoms with Crippen LogP contribution < -0.4 is 0 Å². The van der Waals surface area contributed by atoms with E-state index in [2.05, 4.69) is 54.2 Å². The molecule has 5 aliphatic rings. The van der Waals surface area contributed by atoms with E-state index in [0.717, 1.165) is 42.2 Å². The average Bonchev–Trinajstić information content (AvgIpc) is 3.36. The lowest BCUT2D eigenvalue weighted by Crippen LogP contribution is -2.62. The summed E-state index contributed by atoms with van der Waals surface area (Å²) < 4.78 is 7.31. The van der Waals surface area contributed by atoms with E-state index < -0.39 is 17.8 Å². The first-order valence-corrected chi connectivity index (χ1v) is 13.2. The van der Waals surface area contributed by atoms with Gasteiger partial charge in [-0.25, -0.2) is 9.97 Å². The Morgan fingerprint density at radius 3 is 2.81 bits per heavy atom. The van der Waals surface area contributed by atoms with Crippen LogP contribution in [-0.2, 0) is 4.74 Å². The summed E-state index contributed by atoms with van der Waals surface area (Å²) in [6.45, 7) is 4.66. The predicted octanol–water partition coefficient (Wildman–Crippen LogP) is 4.04. The summed E-state index contributed by atoms with van der Waals surface area (Å²) in [5.74, 6) is 0.334. The third kappa shape index (κ3) is 2.76. The molecule has 6 heteroatoms. The number of fused-ring (bicyclic) bond motifs is 2. The second-order valence-corrected chi connectivity index (χ2v) is 12.2. The fourth-order valence-electron chi connectivity index (χ4n) is 8.60. The first-order chi connectivity index (χ1) is 17.2. The zero-order chi connectivity index (χ0) is 25.0. The molecule has 2 spiro atoms. The number of aliphatic hydroxyl groups is 2. The van der Waals surface area contributed by atoms with Gasteiger partial charge in [-0.2, -0.15) is 0 Å². The summed E-state index contributed by atoms with van der Waals surface area (Å²) in [4.78, 5) is 10.7. The molecule has 1 saturated carbocycles. The van der Waals surface area contributed by atoms with Gasteiger partial charge >= 0.3 is 0 Å². The van der Waals surface area contributed by atoms with E-state index in [1.165, 1.54) is 22.3 Å². The van der Waals surface area contributed by atoms with E-state index in [9.17, 15) is 10.2 Å². The Morgan fingerprint density at radius 1 is 1.17 bits per heavy atom. The lowest BCUT2D eigenvalue weighted by atomic mass is 9.56. The van der Waals surface area contributed by atoms with Gasteiger partial charge in [0, 0.05) is 29.0 Å². The summed E-state index contributed by atoms with van der Waals surface area (Å²) in [7, 11) is 3.96. The van der Waals surface area contributed by atoms with Crippen molar-refractivity contribution >= 4 is 16.5 Å². The first-order valence-electron chi connectivity index (χ1n) is 13.2. The fourth-order valence-corrected chi connectivity index (χ4v) is 8.60. The van der Waals surface area contributed by atoms with Gasteiger partial charge in [0.25, 0.3) is 0 Å². The molecule has 3 aliphatic carbocycles. The molecule has 3 heterocycles. The molecule has 1 aromatic heterocycles. The van der Waals surface area contributed by atoms with E-state index in [-0.39, 0.29) is 17.1 Å². The number of aliphatic hydroxyl groups excluding tert-OH is 2. The van der Waals surface area contributed by atoms with Crippen molar-refractivity contribution in [2.45, 2.75) is 75.4 Å². The molecule has 0 amide bonds. The third-order valence-electron chi connectivity index (χ3n) is 10.2. The lowest BCUT2D eigenvalue weighted by Gasteiger charge is -2.56. The maximum absolute atomic E-state index is 11.2. The van der Waals surface area contributed by atoms with Crippen LogP contribution in [0.25, 0.3) is 16.5 Å². The summed E-state index contributed by atoms with van der Waals surface area (Å²) in [6, 6.07) is 6.41. The highest BCUT2D eigenvalue weighted by atomic mass is 16.5. The number of rotatable bonds is 2. The SMILES string of the molecule is CC1=C2C=C3[C@@H](O)[C@H](O)[C@@H](N(C)C)C[C@]34CC[C@]2(O4)C2CC=C(c3ccc4ncncc4c3)[C@@]2(C)C1. The minimum Gasteiger partial charge on any atom is -0.388 e. The van der Waals surface area contributed by atoms with Gasteiger partial charge in [0.05, 0.1) is 22.8 Å². The number of benzene rings is 1. The maximum Gasteiger partial charge on any atom is 0.116 e. The maximum atomic E-state index is 11.2. The molecule has 0 radical (unpaired) electrons. The molecule has 7 rings (SSSR count). The number of hydrogen-bond acceptors (Lipinski definition) is 6. The standard InChI is InChI=1S/C30H35N3O3/c1-17-13-28(2)20(18-5-7-23-19(11-18)15-31-16-32-23)6-8-25(28)30-10-9-29(36-30)14-24(33(3)4)27(35)26(34)22(29)12-21(17)30/h5-7,11-12,15-16,24-27,34-35H,8-10,13-14H2,1-4H3/t24-,25?,26+,27+,28+,29+,30+/m0/s1. The van der Waals surface area contributed by atoms with Gasteiger partial charge in [0.1, 0.15) is 12.4 Å². The number of nitrogens with zero attached hydrogens (tertiary/aromatic N) is 3. The minimum atomic E-state index is -0.895. The topological polar surface area (TPSA) is 78.7 Å². The summed E-state index contributed by atoms with van der Waals surface area (Å²) in [5.41, 5.74) is 6.20. The van der Waals surface area contributed by atoms with Crippen LogP contribution in [0, 0.1) is 11.3 Å². The first kappa shape index (κ1) is 22.8. The van der Waals surface area contributed by atoms with Crippen LogP contribution in [0.5, 0.6) is 0 Å². The van der Waals surface area contributed by atoms with Crippen molar-refractivity contribution in [3.05, 3.63) is 65.2 Å². The Kier molecular flexibility index (Phi) is 4.65. The van der Waals surface area contributed by atoms with E-state index in [1.54, 1.807) is 6.33 Å². The largest absolute Gasteiger partial charge is 0.388 e. The van der Waals surface area contributed by atoms with Crippen molar-refractivity contribution in [1.29, 1.82) is 0 Å². The molecule has 6 nitrogen and oxygen atoms in total. The molecule has 1 saturated heterocycles. The summed E-state index contributed by atoms with van der Waals surface area (Å²) in [5, 5.41) is 23.2. The van der Waals surface area contributed by atoms with Crippen molar-refractivity contribution in [3.8, 4) is 0 Å². The highest BCUT2D eigenvalue weighted by Gasteiger charge is 2.68. The normalized spacial score (nSPS) is 41.2. The number of hydrogen-bond donors (Lipinski definition) is 2. The van der Waals surface area contributed by atoms with Crippen LogP contribution in [0.3, 0.4) is 0 Å². The quantitative estimate of drug-likeness (QED) is 0.669. The zero-order valence-electron chi connectivity index (χ0n) is 21.5. The molecule has 2 aliphatic heterocycles. The molecule has 36 heavy (non-hydrogen) atoms. The fraction of sp³-hybridized carbons (Fsp3) is 0.533. The van der Waals surface area contributed by atoms with Crippen LogP contribution in [0.2, 0.25) is 0 Å². The molecular formula is C30H35N3O3. The van der Waals surface area contributed by atoms with Crippen LogP contribution >= 0.6 is 0 Å². The van der Waals surface area contributed by atoms with E-state index in [4.69, 9.17) is 4.74 Å². The van der Waals surface area contributed by atoms with Gasteiger partial charge < -0.3 is 19.8 Å². The highest BCUT2D eigenvalue weighted by Crippen LogP contribution is 2.69. The Morgan fingerprint density at radius 2 is 2.00 bits per heavy atom. The van der Waals surface area contributed by atoms with Crippen molar-refractivity contribution in [2.75, 3.05) is 14.1 Å². The number of aromatic nitrogens is 2. The van der Waals surface area contributed by atoms with E-state index in [1.807, 2.05) is 25.2 Å². The van der Waals surface area contributed by atoms with Crippen molar-refractivity contribution in [3.63, 3.8) is 0 Å². The molecule has 188 valence electrons. The Labute approximate surface area is 212 Å². The molecule has 2 fully saturated rings. The van der Waals surface area contributed by atoms with Crippen LogP contribution in [0.1, 0.15) is 51.5 Å². The molecule has 2 N–H and O–H groups in total. The Balaban J connectivity index is 1.33. The van der Waals surface area contributed by atoms with E-state index in [0.29, 0.717) is 12.3 Å². The summed E-state index contributed by atoms with van der Waals surface area (Å²) in [6.07, 6.45) is 11.0. The van der Waals surface area contributed by atoms with Crippen molar-refractivity contribution in [1.82, 2.24) is 14.9 Å². The molecule has 1 aromatic carbocycles. The second-order valence-electron chi connectivity index (χ2n) is 12.2. The molecule has 1 unspecified atom stereocenters. The van der Waals surface area contributed by atoms with Crippen LogP contribution in [0.15, 0.2) is 59.6 Å². The van der Waals surface area contributed by atoms with Gasteiger partial charge in [0.15, 0.2) is 0 Å². The second kappa shape index (κ2) is 7.35. The smallest absolute Gasteiger partial charge is 0.116 e. The van der Waals surface area contributed by atoms with Gasteiger partial charge in [0.2, 0.25) is 0 Å². The van der Waals surface area contributed by atoms with Gasteiger partial charge in [-0.15, -0.1) is 0 Å². The predicted molar refractivity (Wildman–Crippen MR) is 139 cm³/mol. The number of ether oxygens (including phenoxy) is 1. The van der Waals surface area contributed by atoms with E-state index >= 15 is 0 Å². The molecule has 2 aromatic rings. The third-order valence-corrected chi connectivity index (χ3v) is 10.2. The number of likely N-dealkylation sites (N-methyl/N-ethyl adjacent to an activating group) is 1. The van der Waals surface area contributed by atoms with Crippen LogP contribution in [-0.4, -0.2) is 68.6 Å². The molecule has 2 bridgehead atoms. The van der Waals surface area contributed by atoms with Gasteiger partial charge in [-0.3, -0.25) is 0 Å². The highest BCUT2D eigenvalue weighted by molar-refractivity contribution is 5.85. The van der Waals surface area contributed by atoms with Crippen LogP contribution in [0.4, 0.5) is 0 Å². The minimum absolute atomic E-state index is 0.0402. The van der Waals surface area contributed by atoms with Crippen molar-refractivity contribution in [2.24, 2.45) is 11.3 Å². The lowest BCUT2D eigenvalue weighted by molar-refractivity contribution is -0.162. The van der Waals surface area contributed by atoms with Crippen molar-refractivity contribution < 1.29 is 14.9 Å². The Hall–Kier alpha value is -2.38. The number of allylic oxidation sites excluding steroid dienone is 3. The molecular weight excluding hydrogens is 450 g/mol. The monoisotopic (exact) mass is 485 g/mol. The Bertz CT molecular complexity index is 1380.